The van der Waals surface area contributed by atoms with Crippen LogP contribution in [0.1, 0.15) is 28.7 Å². The quantitative estimate of drug-likeness (QED) is 0.797. The second kappa shape index (κ2) is 5.01. The first-order chi connectivity index (χ1) is 9.70. The Morgan fingerprint density at radius 3 is 2.80 bits per heavy atom. The molecule has 0 aliphatic rings. The number of hydrogen-bond donors (Lipinski definition) is 1. The number of fused-ring (bicyclic) bond motifs is 1. The lowest BCUT2D eigenvalue weighted by atomic mass is 10.2. The fraction of sp³-hybridized carbons (Fsp3) is 0.231. The van der Waals surface area contributed by atoms with Gasteiger partial charge in [0, 0.05) is 17.8 Å². The minimum Gasteiger partial charge on any atom is -0.477 e. The Bertz CT molecular complexity index is 763. The monoisotopic (exact) mass is 288 g/mol. The van der Waals surface area contributed by atoms with Crippen molar-refractivity contribution in [3.8, 4) is 5.95 Å². The number of thiophene rings is 1. The highest BCUT2D eigenvalue weighted by atomic mass is 32.1. The number of rotatable bonds is 4. The van der Waals surface area contributed by atoms with E-state index in [0.717, 1.165) is 28.8 Å². The van der Waals surface area contributed by atoms with E-state index in [-0.39, 0.29) is 0 Å². The van der Waals surface area contributed by atoms with Crippen LogP contribution < -0.4 is 0 Å². The molecule has 0 spiro atoms. The summed E-state index contributed by atoms with van der Waals surface area (Å²) in [6.45, 7) is 2.06. The summed E-state index contributed by atoms with van der Waals surface area (Å²) in [6, 6.07) is 3.41. The molecule has 3 rings (SSSR count). The van der Waals surface area contributed by atoms with Gasteiger partial charge in [0.15, 0.2) is 0 Å². The number of hydrogen-bond acceptors (Lipinski definition) is 5. The van der Waals surface area contributed by atoms with Crippen molar-refractivity contribution in [3.63, 3.8) is 0 Å². The molecule has 0 saturated carbocycles. The molecule has 0 radical (unpaired) electrons. The van der Waals surface area contributed by atoms with Gasteiger partial charge in [0.2, 0.25) is 0 Å². The molecule has 1 N–H and O–H groups in total. The van der Waals surface area contributed by atoms with Gasteiger partial charge in [-0.2, -0.15) is 9.78 Å². The van der Waals surface area contributed by atoms with Crippen LogP contribution in [0.2, 0.25) is 0 Å². The Hall–Kier alpha value is -2.28. The van der Waals surface area contributed by atoms with Crippen LogP contribution in [-0.4, -0.2) is 30.8 Å². The molecule has 0 aromatic carbocycles. The molecule has 0 saturated heterocycles. The molecule has 0 aliphatic heterocycles. The Morgan fingerprint density at radius 1 is 1.40 bits per heavy atom. The summed E-state index contributed by atoms with van der Waals surface area (Å²) < 4.78 is 1.62. The topological polar surface area (TPSA) is 80.9 Å². The van der Waals surface area contributed by atoms with Crippen LogP contribution in [0.4, 0.5) is 0 Å². The van der Waals surface area contributed by atoms with E-state index in [9.17, 15) is 4.79 Å². The van der Waals surface area contributed by atoms with Gasteiger partial charge in [0.25, 0.3) is 5.95 Å². The highest BCUT2D eigenvalue weighted by molar-refractivity contribution is 7.20. The summed E-state index contributed by atoms with van der Waals surface area (Å²) in [6.07, 6.45) is 5.02. The van der Waals surface area contributed by atoms with E-state index in [2.05, 4.69) is 22.0 Å². The first-order valence-electron chi connectivity index (χ1n) is 6.23. The minimum atomic E-state index is -0.922. The molecular formula is C13H12N4O2S. The number of aromatic carboxylic acids is 1. The van der Waals surface area contributed by atoms with Gasteiger partial charge < -0.3 is 5.11 Å². The fourth-order valence-electron chi connectivity index (χ4n) is 2.03. The van der Waals surface area contributed by atoms with Gasteiger partial charge in [-0.1, -0.05) is 13.3 Å². The molecule has 0 unspecified atom stereocenters. The minimum absolute atomic E-state index is 0.305. The molecule has 3 aromatic heterocycles. The normalized spacial score (nSPS) is 11.1. The molecule has 0 bridgehead atoms. The van der Waals surface area contributed by atoms with Crippen molar-refractivity contribution in [1.29, 1.82) is 0 Å². The third-order valence-corrected chi connectivity index (χ3v) is 3.97. The maximum absolute atomic E-state index is 11.1. The predicted molar refractivity (Wildman–Crippen MR) is 75.5 cm³/mol. The average molecular weight is 288 g/mol. The number of carboxylic acids is 1. The van der Waals surface area contributed by atoms with Gasteiger partial charge in [-0.15, -0.1) is 11.3 Å². The maximum Gasteiger partial charge on any atom is 0.345 e. The van der Waals surface area contributed by atoms with Gasteiger partial charge in [0.1, 0.15) is 9.71 Å². The molecule has 0 atom stereocenters. The average Bonchev–Trinajstić information content (AvgIpc) is 3.01. The first-order valence-corrected chi connectivity index (χ1v) is 7.04. The van der Waals surface area contributed by atoms with Crippen LogP contribution in [0.5, 0.6) is 0 Å². The summed E-state index contributed by atoms with van der Waals surface area (Å²) in [5, 5.41) is 14.5. The Morgan fingerprint density at radius 2 is 2.15 bits per heavy atom. The SMILES string of the molecule is CCCc1nn(-c2ncccn2)c2sc(C(=O)O)cc12. The van der Waals surface area contributed by atoms with Gasteiger partial charge in [-0.3, -0.25) is 0 Å². The number of nitrogens with zero attached hydrogens (tertiary/aromatic N) is 4. The Labute approximate surface area is 118 Å². The van der Waals surface area contributed by atoms with Crippen LogP contribution in [0.15, 0.2) is 24.5 Å². The lowest BCUT2D eigenvalue weighted by Gasteiger charge is -1.98. The third-order valence-electron chi connectivity index (χ3n) is 2.88. The van der Waals surface area contributed by atoms with E-state index >= 15 is 0 Å². The highest BCUT2D eigenvalue weighted by Gasteiger charge is 2.18. The molecular weight excluding hydrogens is 276 g/mol. The van der Waals surface area contributed by atoms with Crippen molar-refractivity contribution >= 4 is 27.5 Å². The molecule has 7 heteroatoms. The highest BCUT2D eigenvalue weighted by Crippen LogP contribution is 2.30. The molecule has 20 heavy (non-hydrogen) atoms. The van der Waals surface area contributed by atoms with E-state index in [1.165, 1.54) is 11.3 Å². The second-order valence-corrected chi connectivity index (χ2v) is 5.32. The van der Waals surface area contributed by atoms with Crippen LogP contribution in [0.3, 0.4) is 0 Å². The maximum atomic E-state index is 11.1. The zero-order valence-corrected chi connectivity index (χ0v) is 11.6. The van der Waals surface area contributed by atoms with Gasteiger partial charge in [-0.05, 0) is 18.6 Å². The Balaban J connectivity index is 2.23. The fourth-order valence-corrected chi connectivity index (χ4v) is 3.00. The molecule has 3 heterocycles. The molecule has 6 nitrogen and oxygen atoms in total. The van der Waals surface area contributed by atoms with Crippen molar-refractivity contribution < 1.29 is 9.90 Å². The van der Waals surface area contributed by atoms with E-state index < -0.39 is 5.97 Å². The molecule has 3 aromatic rings. The summed E-state index contributed by atoms with van der Waals surface area (Å²) >= 11 is 1.19. The van der Waals surface area contributed by atoms with E-state index in [1.54, 1.807) is 29.2 Å². The van der Waals surface area contributed by atoms with Crippen molar-refractivity contribution in [1.82, 2.24) is 19.7 Å². The van der Waals surface area contributed by atoms with Crippen molar-refractivity contribution in [2.24, 2.45) is 0 Å². The summed E-state index contributed by atoms with van der Waals surface area (Å²) in [5.74, 6) is -0.465. The molecule has 0 aliphatic carbocycles. The predicted octanol–water partition coefficient (Wildman–Crippen LogP) is 2.53. The second-order valence-electron chi connectivity index (χ2n) is 4.29. The number of aromatic nitrogens is 4. The van der Waals surface area contributed by atoms with Crippen LogP contribution in [-0.2, 0) is 6.42 Å². The van der Waals surface area contributed by atoms with E-state index in [4.69, 9.17) is 5.11 Å². The van der Waals surface area contributed by atoms with E-state index in [1.807, 2.05) is 0 Å². The standard InChI is InChI=1S/C13H12N4O2S/c1-2-4-9-8-7-10(12(18)19)20-11(8)17(16-9)13-14-5-3-6-15-13/h3,5-7H,2,4H2,1H3,(H,18,19). The lowest BCUT2D eigenvalue weighted by molar-refractivity contribution is 0.0702. The van der Waals surface area contributed by atoms with Gasteiger partial charge in [-0.25, -0.2) is 14.8 Å². The smallest absolute Gasteiger partial charge is 0.345 e. The van der Waals surface area contributed by atoms with Crippen molar-refractivity contribution in [3.05, 3.63) is 35.1 Å². The van der Waals surface area contributed by atoms with Gasteiger partial charge in [0.05, 0.1) is 5.69 Å². The summed E-state index contributed by atoms with van der Waals surface area (Å²) in [5.41, 5.74) is 0.888. The first kappa shape index (κ1) is 12.7. The molecule has 102 valence electrons. The number of carboxylic acid groups (broad SMARTS) is 1. The molecule has 0 amide bonds. The lowest BCUT2D eigenvalue weighted by Crippen LogP contribution is -2.02. The van der Waals surface area contributed by atoms with Gasteiger partial charge >= 0.3 is 5.97 Å². The third kappa shape index (κ3) is 2.05. The van der Waals surface area contributed by atoms with Crippen LogP contribution >= 0.6 is 11.3 Å². The summed E-state index contributed by atoms with van der Waals surface area (Å²) in [4.78, 5) is 20.6. The van der Waals surface area contributed by atoms with Crippen LogP contribution in [0, 0.1) is 0 Å². The van der Waals surface area contributed by atoms with Crippen molar-refractivity contribution in [2.75, 3.05) is 0 Å². The number of aryl methyl sites for hydroxylation is 1. The number of carbonyl (C=O) groups is 1. The zero-order valence-electron chi connectivity index (χ0n) is 10.8. The zero-order chi connectivity index (χ0) is 14.1. The molecule has 0 fully saturated rings. The largest absolute Gasteiger partial charge is 0.477 e. The van der Waals surface area contributed by atoms with Crippen LogP contribution in [0.25, 0.3) is 16.2 Å². The summed E-state index contributed by atoms with van der Waals surface area (Å²) in [7, 11) is 0. The van der Waals surface area contributed by atoms with E-state index in [0.29, 0.717) is 10.8 Å². The Kier molecular flexibility index (Phi) is 3.19. The van der Waals surface area contributed by atoms with Crippen molar-refractivity contribution in [2.45, 2.75) is 19.8 Å².